The van der Waals surface area contributed by atoms with E-state index in [1.54, 1.807) is 0 Å². The summed E-state index contributed by atoms with van der Waals surface area (Å²) in [6.45, 7) is 12.0. The van der Waals surface area contributed by atoms with Crippen molar-refractivity contribution in [3.05, 3.63) is 10.6 Å². The van der Waals surface area contributed by atoms with Gasteiger partial charge in [0.25, 0.3) is 0 Å². The highest BCUT2D eigenvalue weighted by Gasteiger charge is 2.21. The van der Waals surface area contributed by atoms with Gasteiger partial charge in [0.15, 0.2) is 5.13 Å². The Hall–Kier alpha value is -1.67. The fraction of sp³-hybridized carbons (Fsp3) is 0.722. The van der Waals surface area contributed by atoms with Crippen LogP contribution in [0.1, 0.15) is 58.0 Å². The van der Waals surface area contributed by atoms with Crippen LogP contribution in [0.25, 0.3) is 0 Å². The molecule has 0 bridgehead atoms. The first-order valence-electron chi connectivity index (χ1n) is 9.15. The first-order chi connectivity index (χ1) is 12.2. The fourth-order valence-electron chi connectivity index (χ4n) is 2.53. The third-order valence-corrected chi connectivity index (χ3v) is 4.64. The van der Waals surface area contributed by atoms with Gasteiger partial charge in [-0.05, 0) is 40.2 Å². The van der Waals surface area contributed by atoms with Crippen LogP contribution < -0.4 is 5.32 Å². The molecule has 2 rings (SSSR count). The second kappa shape index (κ2) is 10.5. The van der Waals surface area contributed by atoms with Crippen LogP contribution in [-0.4, -0.2) is 52.3 Å². The van der Waals surface area contributed by atoms with Gasteiger partial charge in [-0.2, -0.15) is 0 Å². The lowest BCUT2D eigenvalue weighted by Crippen LogP contribution is -2.28. The number of carbonyl (C=O) groups excluding carboxylic acids is 1. The highest BCUT2D eigenvalue weighted by molar-refractivity contribution is 7.15. The molecule has 148 valence electrons. The third kappa shape index (κ3) is 8.14. The number of amides is 1. The molecule has 2 N–H and O–H groups in total. The number of carbonyl (C=O) groups is 2. The number of rotatable bonds is 5. The highest BCUT2D eigenvalue weighted by Crippen LogP contribution is 2.27. The molecule has 0 saturated heterocycles. The Kier molecular flexibility index (Phi) is 9.01. The standard InChI is InChI=1S/C16H25N3O4S.C2H6/c1-16(2,3)23-15(22)18-14-17-11-6-9-19(8-4-5-13(20)21)10-7-12(11)24-14;1-2/h4-10H2,1-3H3,(H,20,21)(H,17,18,22);1-2H3. The van der Waals surface area contributed by atoms with E-state index in [9.17, 15) is 9.59 Å². The van der Waals surface area contributed by atoms with Crippen LogP contribution in [0.4, 0.5) is 9.93 Å². The summed E-state index contributed by atoms with van der Waals surface area (Å²) in [5, 5.41) is 12.0. The second-order valence-electron chi connectivity index (χ2n) is 6.85. The summed E-state index contributed by atoms with van der Waals surface area (Å²) >= 11 is 1.49. The van der Waals surface area contributed by atoms with Crippen molar-refractivity contribution in [2.45, 2.75) is 65.9 Å². The Morgan fingerprint density at radius 1 is 1.27 bits per heavy atom. The number of nitrogens with zero attached hydrogens (tertiary/aromatic N) is 2. The van der Waals surface area contributed by atoms with Crippen LogP contribution in [0.5, 0.6) is 0 Å². The van der Waals surface area contributed by atoms with Crippen molar-refractivity contribution < 1.29 is 19.4 Å². The zero-order valence-electron chi connectivity index (χ0n) is 16.4. The molecule has 0 spiro atoms. The van der Waals surface area contributed by atoms with Crippen LogP contribution in [0, 0.1) is 0 Å². The maximum Gasteiger partial charge on any atom is 0.413 e. The fourth-order valence-corrected chi connectivity index (χ4v) is 3.51. The summed E-state index contributed by atoms with van der Waals surface area (Å²) in [7, 11) is 0. The quantitative estimate of drug-likeness (QED) is 0.801. The first kappa shape index (κ1) is 22.4. The summed E-state index contributed by atoms with van der Waals surface area (Å²) < 4.78 is 5.24. The van der Waals surface area contributed by atoms with Crippen molar-refractivity contribution in [2.75, 3.05) is 25.0 Å². The molecule has 0 aliphatic carbocycles. The Labute approximate surface area is 159 Å². The van der Waals surface area contributed by atoms with Crippen molar-refractivity contribution in [3.63, 3.8) is 0 Å². The maximum atomic E-state index is 11.8. The molecule has 0 fully saturated rings. The molecular weight excluding hydrogens is 354 g/mol. The van der Waals surface area contributed by atoms with Gasteiger partial charge in [0.2, 0.25) is 0 Å². The molecule has 1 aromatic heterocycles. The first-order valence-corrected chi connectivity index (χ1v) is 9.97. The number of thiazole rings is 1. The number of carboxylic acids is 1. The van der Waals surface area contributed by atoms with Crippen LogP contribution in [-0.2, 0) is 22.4 Å². The number of anilines is 1. The Balaban J connectivity index is 0.00000163. The summed E-state index contributed by atoms with van der Waals surface area (Å²) in [6.07, 6.45) is 2.08. The number of aliphatic carboxylic acids is 1. The lowest BCUT2D eigenvalue weighted by atomic mass is 10.2. The number of hydrogen-bond acceptors (Lipinski definition) is 6. The highest BCUT2D eigenvalue weighted by atomic mass is 32.1. The monoisotopic (exact) mass is 385 g/mol. The minimum Gasteiger partial charge on any atom is -0.481 e. The summed E-state index contributed by atoms with van der Waals surface area (Å²) in [5.74, 6) is -0.747. The minimum atomic E-state index is -0.747. The molecule has 8 heteroatoms. The maximum absolute atomic E-state index is 11.8. The van der Waals surface area contributed by atoms with E-state index < -0.39 is 17.7 Å². The normalized spacial score (nSPS) is 14.5. The van der Waals surface area contributed by atoms with Crippen molar-refractivity contribution in [3.8, 4) is 0 Å². The Morgan fingerprint density at radius 3 is 2.54 bits per heavy atom. The van der Waals surface area contributed by atoms with E-state index in [1.807, 2.05) is 34.6 Å². The topological polar surface area (TPSA) is 91.8 Å². The van der Waals surface area contributed by atoms with Gasteiger partial charge in [0.05, 0.1) is 5.69 Å². The van der Waals surface area contributed by atoms with Gasteiger partial charge < -0.3 is 14.7 Å². The minimum absolute atomic E-state index is 0.209. The molecule has 0 saturated carbocycles. The number of nitrogens with one attached hydrogen (secondary N) is 1. The largest absolute Gasteiger partial charge is 0.481 e. The summed E-state index contributed by atoms with van der Waals surface area (Å²) in [6, 6.07) is 0. The second-order valence-corrected chi connectivity index (χ2v) is 7.94. The van der Waals surface area contributed by atoms with Gasteiger partial charge in [-0.3, -0.25) is 10.1 Å². The predicted octanol–water partition coefficient (Wildman–Crippen LogP) is 3.78. The molecule has 1 aliphatic rings. The van der Waals surface area contributed by atoms with Crippen LogP contribution >= 0.6 is 11.3 Å². The van der Waals surface area contributed by atoms with Gasteiger partial charge in [0, 0.05) is 30.8 Å². The van der Waals surface area contributed by atoms with Gasteiger partial charge in [-0.15, -0.1) is 11.3 Å². The zero-order valence-corrected chi connectivity index (χ0v) is 17.2. The lowest BCUT2D eigenvalue weighted by Gasteiger charge is -2.19. The molecule has 0 aromatic carbocycles. The molecule has 1 aromatic rings. The molecule has 26 heavy (non-hydrogen) atoms. The van der Waals surface area contributed by atoms with E-state index in [2.05, 4.69) is 15.2 Å². The SMILES string of the molecule is CC.CC(C)(C)OC(=O)Nc1nc2c(s1)CCN(CCCC(=O)O)CC2. The summed E-state index contributed by atoms with van der Waals surface area (Å²) in [5.41, 5.74) is 0.487. The van der Waals surface area contributed by atoms with Crippen LogP contribution in [0.2, 0.25) is 0 Å². The Bertz CT molecular complexity index is 570. The third-order valence-electron chi connectivity index (χ3n) is 3.57. The Morgan fingerprint density at radius 2 is 1.92 bits per heavy atom. The molecule has 1 aliphatic heterocycles. The van der Waals surface area contributed by atoms with E-state index in [0.717, 1.165) is 38.2 Å². The van der Waals surface area contributed by atoms with E-state index in [4.69, 9.17) is 9.84 Å². The number of fused-ring (bicyclic) bond motifs is 1. The number of aromatic nitrogens is 1. The van der Waals surface area contributed by atoms with E-state index in [-0.39, 0.29) is 6.42 Å². The number of hydrogen-bond donors (Lipinski definition) is 2. The average Bonchev–Trinajstić information content (AvgIpc) is 2.81. The van der Waals surface area contributed by atoms with E-state index >= 15 is 0 Å². The molecule has 0 atom stereocenters. The lowest BCUT2D eigenvalue weighted by molar-refractivity contribution is -0.137. The van der Waals surface area contributed by atoms with E-state index in [0.29, 0.717) is 11.6 Å². The van der Waals surface area contributed by atoms with Gasteiger partial charge >= 0.3 is 12.1 Å². The van der Waals surface area contributed by atoms with E-state index in [1.165, 1.54) is 16.2 Å². The number of carboxylic acid groups (broad SMARTS) is 1. The van der Waals surface area contributed by atoms with Crippen molar-refractivity contribution in [1.82, 2.24) is 9.88 Å². The zero-order chi connectivity index (χ0) is 19.7. The van der Waals surface area contributed by atoms with Crippen molar-refractivity contribution in [2.24, 2.45) is 0 Å². The van der Waals surface area contributed by atoms with Crippen molar-refractivity contribution in [1.29, 1.82) is 0 Å². The molecular formula is C18H31N3O4S. The van der Waals surface area contributed by atoms with Gasteiger partial charge in [0.1, 0.15) is 5.60 Å². The van der Waals surface area contributed by atoms with Gasteiger partial charge in [-0.1, -0.05) is 13.8 Å². The smallest absolute Gasteiger partial charge is 0.413 e. The van der Waals surface area contributed by atoms with Crippen molar-refractivity contribution >= 4 is 28.5 Å². The van der Waals surface area contributed by atoms with Crippen LogP contribution in [0.3, 0.4) is 0 Å². The molecule has 0 radical (unpaired) electrons. The number of ether oxygens (including phenoxy) is 1. The molecule has 2 heterocycles. The molecule has 1 amide bonds. The predicted molar refractivity (Wildman–Crippen MR) is 104 cm³/mol. The van der Waals surface area contributed by atoms with Crippen LogP contribution in [0.15, 0.2) is 0 Å². The summed E-state index contributed by atoms with van der Waals surface area (Å²) in [4.78, 5) is 30.4. The average molecular weight is 386 g/mol. The van der Waals surface area contributed by atoms with Gasteiger partial charge in [-0.25, -0.2) is 9.78 Å². The molecule has 7 nitrogen and oxygen atoms in total. The molecule has 0 unspecified atom stereocenters.